The summed E-state index contributed by atoms with van der Waals surface area (Å²) >= 11 is 0. The third kappa shape index (κ3) is 9.03. The monoisotopic (exact) mass is 550 g/mol. The molecule has 1 unspecified atom stereocenters. The lowest BCUT2D eigenvalue weighted by Crippen LogP contribution is -2.49. The molecule has 1 atom stereocenters. The van der Waals surface area contributed by atoms with E-state index in [9.17, 15) is 0 Å². The predicted molar refractivity (Wildman–Crippen MR) is 144 cm³/mol. The van der Waals surface area contributed by atoms with Crippen molar-refractivity contribution < 1.29 is 0 Å². The number of piperidine rings is 1. The van der Waals surface area contributed by atoms with Gasteiger partial charge in [0.15, 0.2) is 5.96 Å². The van der Waals surface area contributed by atoms with Gasteiger partial charge in [-0.1, -0.05) is 36.4 Å². The average molecular weight is 551 g/mol. The molecule has 0 bridgehead atoms. The molecule has 0 amide bonds. The second kappa shape index (κ2) is 14.4. The molecule has 0 saturated carbocycles. The minimum atomic E-state index is 0. The molecule has 176 valence electrons. The van der Waals surface area contributed by atoms with Gasteiger partial charge >= 0.3 is 0 Å². The van der Waals surface area contributed by atoms with Crippen LogP contribution in [0.1, 0.15) is 37.4 Å². The highest BCUT2D eigenvalue weighted by Gasteiger charge is 2.20. The van der Waals surface area contributed by atoms with Crippen LogP contribution in [0.25, 0.3) is 0 Å². The van der Waals surface area contributed by atoms with Crippen molar-refractivity contribution in [1.29, 1.82) is 0 Å². The Bertz CT molecular complexity index is 778. The number of likely N-dealkylation sites (tertiary alicyclic amines) is 1. The van der Waals surface area contributed by atoms with Gasteiger partial charge in [-0.05, 0) is 50.9 Å². The minimum absolute atomic E-state index is 0. The Hall–Kier alpha value is -1.71. The number of guanidine groups is 1. The Morgan fingerprint density at radius 1 is 1.16 bits per heavy atom. The second-order valence-corrected chi connectivity index (χ2v) is 8.55. The molecule has 1 saturated heterocycles. The third-order valence-corrected chi connectivity index (χ3v) is 6.15. The van der Waals surface area contributed by atoms with E-state index >= 15 is 0 Å². The Morgan fingerprint density at radius 2 is 1.88 bits per heavy atom. The number of benzene rings is 1. The minimum Gasteiger partial charge on any atom is -0.356 e. The zero-order valence-corrected chi connectivity index (χ0v) is 22.0. The molecule has 1 aliphatic rings. The number of rotatable bonds is 9. The summed E-state index contributed by atoms with van der Waals surface area (Å²) in [5.74, 6) is 0.918. The molecule has 0 radical (unpaired) electrons. The first-order valence-corrected chi connectivity index (χ1v) is 11.5. The molecule has 2 heterocycles. The summed E-state index contributed by atoms with van der Waals surface area (Å²) < 4.78 is 0. The van der Waals surface area contributed by atoms with Crippen molar-refractivity contribution in [3.05, 3.63) is 66.0 Å². The maximum atomic E-state index is 4.45. The summed E-state index contributed by atoms with van der Waals surface area (Å²) in [5.41, 5.74) is 2.51. The van der Waals surface area contributed by atoms with Crippen LogP contribution in [0.3, 0.4) is 0 Å². The fourth-order valence-corrected chi connectivity index (χ4v) is 3.99. The molecule has 1 aromatic heterocycles. The van der Waals surface area contributed by atoms with Gasteiger partial charge in [-0.2, -0.15) is 0 Å². The van der Waals surface area contributed by atoms with Crippen molar-refractivity contribution in [1.82, 2.24) is 25.4 Å². The second-order valence-electron chi connectivity index (χ2n) is 8.55. The molecule has 1 aliphatic heterocycles. The van der Waals surface area contributed by atoms with Crippen LogP contribution in [0.5, 0.6) is 0 Å². The van der Waals surface area contributed by atoms with E-state index in [1.807, 2.05) is 19.3 Å². The average Bonchev–Trinajstić information content (AvgIpc) is 2.80. The fraction of sp³-hybridized carbons (Fsp3) is 0.520. The summed E-state index contributed by atoms with van der Waals surface area (Å²) in [6, 6.07) is 17.8. The van der Waals surface area contributed by atoms with Crippen LogP contribution >= 0.6 is 24.0 Å². The van der Waals surface area contributed by atoms with Crippen LogP contribution in [0.4, 0.5) is 0 Å². The molecule has 1 fully saturated rings. The van der Waals surface area contributed by atoms with Gasteiger partial charge in [0.25, 0.3) is 0 Å². The summed E-state index contributed by atoms with van der Waals surface area (Å²) in [6.07, 6.45) is 5.21. The van der Waals surface area contributed by atoms with E-state index in [-0.39, 0.29) is 24.0 Å². The first-order chi connectivity index (χ1) is 15.1. The van der Waals surface area contributed by atoms with Crippen LogP contribution in [-0.4, -0.2) is 66.6 Å². The van der Waals surface area contributed by atoms with Crippen molar-refractivity contribution in [3.8, 4) is 0 Å². The van der Waals surface area contributed by atoms with Crippen molar-refractivity contribution >= 4 is 29.9 Å². The number of nitrogens with one attached hydrogen (secondary N) is 2. The van der Waals surface area contributed by atoms with Crippen LogP contribution in [0.15, 0.2) is 59.7 Å². The van der Waals surface area contributed by atoms with E-state index in [0.717, 1.165) is 63.6 Å². The van der Waals surface area contributed by atoms with Gasteiger partial charge in [0.05, 0.1) is 5.69 Å². The zero-order chi connectivity index (χ0) is 21.9. The van der Waals surface area contributed by atoms with Gasteiger partial charge in [-0.15, -0.1) is 24.0 Å². The smallest absolute Gasteiger partial charge is 0.191 e. The van der Waals surface area contributed by atoms with E-state index in [0.29, 0.717) is 12.1 Å². The number of aliphatic imine (C=N–C) groups is 1. The topological polar surface area (TPSA) is 55.8 Å². The summed E-state index contributed by atoms with van der Waals surface area (Å²) in [6.45, 7) is 7.30. The van der Waals surface area contributed by atoms with Gasteiger partial charge in [0.1, 0.15) is 0 Å². The lowest BCUT2D eigenvalue weighted by molar-refractivity contribution is 0.196. The molecule has 6 nitrogen and oxygen atoms in total. The molecule has 2 aromatic rings. The summed E-state index contributed by atoms with van der Waals surface area (Å²) in [5, 5.41) is 7.12. The predicted octanol–water partition coefficient (Wildman–Crippen LogP) is 3.74. The van der Waals surface area contributed by atoms with Gasteiger partial charge in [-0.25, -0.2) is 0 Å². The largest absolute Gasteiger partial charge is 0.356 e. The standard InChI is InChI=1S/C25H38N6.HI/c1-21(30(3)19-22-9-5-4-6-10-22)12-16-28-25(26-2)29-23-13-17-31(18-14-23)20-24-11-7-8-15-27-24;/h4-11,15,21,23H,12-14,16-20H2,1-3H3,(H2,26,28,29);1H. The Kier molecular flexibility index (Phi) is 12.0. The lowest BCUT2D eigenvalue weighted by Gasteiger charge is -2.33. The van der Waals surface area contributed by atoms with E-state index < -0.39 is 0 Å². The van der Waals surface area contributed by atoms with Crippen LogP contribution in [-0.2, 0) is 13.1 Å². The Balaban J connectivity index is 0.00000363. The molecule has 2 N–H and O–H groups in total. The van der Waals surface area contributed by atoms with Gasteiger partial charge in [-0.3, -0.25) is 19.8 Å². The van der Waals surface area contributed by atoms with E-state index in [1.165, 1.54) is 5.56 Å². The van der Waals surface area contributed by atoms with E-state index in [4.69, 9.17) is 0 Å². The number of hydrogen-bond acceptors (Lipinski definition) is 4. The quantitative estimate of drug-likeness (QED) is 0.283. The van der Waals surface area contributed by atoms with Crippen molar-refractivity contribution in [2.24, 2.45) is 4.99 Å². The maximum absolute atomic E-state index is 4.45. The lowest BCUT2D eigenvalue weighted by atomic mass is 10.0. The van der Waals surface area contributed by atoms with E-state index in [2.05, 4.69) is 86.8 Å². The van der Waals surface area contributed by atoms with Gasteiger partial charge < -0.3 is 10.6 Å². The summed E-state index contributed by atoms with van der Waals surface area (Å²) in [4.78, 5) is 13.8. The SMILES string of the molecule is CN=C(NCCC(C)N(C)Cc1ccccc1)NC1CCN(Cc2ccccn2)CC1.I. The normalized spacial score (nSPS) is 16.4. The third-order valence-electron chi connectivity index (χ3n) is 6.15. The highest BCUT2D eigenvalue weighted by Crippen LogP contribution is 2.13. The first kappa shape index (κ1) is 26.5. The van der Waals surface area contributed by atoms with Crippen molar-refractivity contribution in [2.75, 3.05) is 33.7 Å². The summed E-state index contributed by atoms with van der Waals surface area (Å²) in [7, 11) is 4.06. The van der Waals surface area contributed by atoms with Gasteiger partial charge in [0, 0.05) is 58.1 Å². The van der Waals surface area contributed by atoms with Gasteiger partial charge in [0.2, 0.25) is 0 Å². The molecule has 0 spiro atoms. The molecule has 1 aromatic carbocycles. The Morgan fingerprint density at radius 3 is 2.53 bits per heavy atom. The maximum Gasteiger partial charge on any atom is 0.191 e. The van der Waals surface area contributed by atoms with Crippen LogP contribution < -0.4 is 10.6 Å². The molecule has 32 heavy (non-hydrogen) atoms. The molecule has 7 heteroatoms. The highest BCUT2D eigenvalue weighted by atomic mass is 127. The van der Waals surface area contributed by atoms with Crippen molar-refractivity contribution in [2.45, 2.75) is 51.4 Å². The molecule has 3 rings (SSSR count). The number of pyridine rings is 1. The number of hydrogen-bond donors (Lipinski definition) is 2. The first-order valence-electron chi connectivity index (χ1n) is 11.5. The fourth-order valence-electron chi connectivity index (χ4n) is 3.99. The molecular formula is C25H39IN6. The zero-order valence-electron chi connectivity index (χ0n) is 19.7. The van der Waals surface area contributed by atoms with Crippen LogP contribution in [0.2, 0.25) is 0 Å². The number of nitrogens with zero attached hydrogens (tertiary/aromatic N) is 4. The molecule has 0 aliphatic carbocycles. The van der Waals surface area contributed by atoms with Crippen molar-refractivity contribution in [3.63, 3.8) is 0 Å². The number of halogens is 1. The number of aromatic nitrogens is 1. The Labute approximate surface area is 210 Å². The molecular weight excluding hydrogens is 511 g/mol. The van der Waals surface area contributed by atoms with Crippen LogP contribution in [0, 0.1) is 0 Å². The van der Waals surface area contributed by atoms with E-state index in [1.54, 1.807) is 0 Å². The highest BCUT2D eigenvalue weighted by molar-refractivity contribution is 14.0.